The number of amides is 1. The second kappa shape index (κ2) is 9.42. The van der Waals surface area contributed by atoms with E-state index < -0.39 is 0 Å². The summed E-state index contributed by atoms with van der Waals surface area (Å²) in [4.78, 5) is 15.7. The number of anilines is 1. The Kier molecular flexibility index (Phi) is 6.21. The molecule has 0 bridgehead atoms. The Morgan fingerprint density at radius 3 is 2.36 bits per heavy atom. The number of benzene rings is 3. The minimum Gasteiger partial charge on any atom is -0.457 e. The molecule has 1 amide bonds. The Labute approximate surface area is 199 Å². The van der Waals surface area contributed by atoms with Gasteiger partial charge in [-0.15, -0.1) is 0 Å². The first kappa shape index (κ1) is 21.7. The lowest BCUT2D eigenvalue weighted by Crippen LogP contribution is -2.34. The molecule has 0 unspecified atom stereocenters. The smallest absolute Gasteiger partial charge is 0.255 e. The molecule has 1 saturated heterocycles. The number of rotatable bonds is 5. The van der Waals surface area contributed by atoms with E-state index in [1.54, 1.807) is 0 Å². The summed E-state index contributed by atoms with van der Waals surface area (Å²) in [5, 5.41) is 4.79. The van der Waals surface area contributed by atoms with Crippen LogP contribution in [0.5, 0.6) is 0 Å². The quantitative estimate of drug-likeness (QED) is 0.343. The molecular weight excluding hydrogens is 432 g/mol. The summed E-state index contributed by atoms with van der Waals surface area (Å²) in [6.07, 6.45) is 3.53. The SMILES string of the molecule is Cc1ccc(C(=O)Nc2c([C@H](c3ccc(Cl)cc3)N3CCCCC3)oc3ccccc23)cc1. The van der Waals surface area contributed by atoms with Crippen LogP contribution in [0.15, 0.2) is 77.2 Å². The highest BCUT2D eigenvalue weighted by atomic mass is 35.5. The van der Waals surface area contributed by atoms with Crippen molar-refractivity contribution in [2.24, 2.45) is 0 Å². The van der Waals surface area contributed by atoms with Crippen LogP contribution in [0.2, 0.25) is 5.02 Å². The number of nitrogens with one attached hydrogen (secondary N) is 1. The van der Waals surface area contributed by atoms with Gasteiger partial charge in [0.05, 0.1) is 11.7 Å². The molecule has 0 spiro atoms. The molecular formula is C28H27ClN2O2. The van der Waals surface area contributed by atoms with Crippen molar-refractivity contribution in [1.29, 1.82) is 0 Å². The van der Waals surface area contributed by atoms with E-state index in [1.165, 1.54) is 6.42 Å². The van der Waals surface area contributed by atoms with E-state index in [1.807, 2.05) is 67.6 Å². The van der Waals surface area contributed by atoms with Crippen molar-refractivity contribution in [3.63, 3.8) is 0 Å². The Bertz CT molecular complexity index is 1260. The normalized spacial score (nSPS) is 15.5. The summed E-state index contributed by atoms with van der Waals surface area (Å²) in [6, 6.07) is 23.3. The van der Waals surface area contributed by atoms with Crippen LogP contribution in [0, 0.1) is 6.92 Å². The number of carbonyl (C=O) groups excluding carboxylic acids is 1. The van der Waals surface area contributed by atoms with Crippen molar-refractivity contribution in [3.8, 4) is 0 Å². The summed E-state index contributed by atoms with van der Waals surface area (Å²) in [5.74, 6) is 0.622. The fourth-order valence-electron chi connectivity index (χ4n) is 4.63. The number of nitrogens with zero attached hydrogens (tertiary/aromatic N) is 1. The van der Waals surface area contributed by atoms with Gasteiger partial charge in [0.2, 0.25) is 0 Å². The summed E-state index contributed by atoms with van der Waals surface area (Å²) in [7, 11) is 0. The molecule has 1 atom stereocenters. The average molecular weight is 459 g/mol. The molecule has 3 aromatic carbocycles. The highest BCUT2D eigenvalue weighted by molar-refractivity contribution is 6.30. The first-order chi connectivity index (χ1) is 16.1. The van der Waals surface area contributed by atoms with Gasteiger partial charge >= 0.3 is 0 Å². The second-order valence-corrected chi connectivity index (χ2v) is 9.14. The Morgan fingerprint density at radius 2 is 1.64 bits per heavy atom. The zero-order valence-corrected chi connectivity index (χ0v) is 19.4. The van der Waals surface area contributed by atoms with E-state index in [0.717, 1.165) is 59.5 Å². The highest BCUT2D eigenvalue weighted by Gasteiger charge is 2.31. The lowest BCUT2D eigenvalue weighted by Gasteiger charge is -2.34. The van der Waals surface area contributed by atoms with Crippen LogP contribution in [-0.2, 0) is 0 Å². The lowest BCUT2D eigenvalue weighted by molar-refractivity contribution is 0.102. The molecule has 33 heavy (non-hydrogen) atoms. The van der Waals surface area contributed by atoms with Gasteiger partial charge in [-0.3, -0.25) is 9.69 Å². The molecule has 1 N–H and O–H groups in total. The standard InChI is InChI=1S/C28H27ClN2O2/c1-19-9-11-21(12-10-19)28(32)30-25-23-7-3-4-8-24(23)33-27(25)26(31-17-5-2-6-18-31)20-13-15-22(29)16-14-20/h3-4,7-16,26H,2,5-6,17-18H2,1H3,(H,30,32)/t26-/m0/s1. The van der Waals surface area contributed by atoms with Crippen LogP contribution in [0.3, 0.4) is 0 Å². The molecule has 1 aliphatic rings. The van der Waals surface area contributed by atoms with E-state index in [9.17, 15) is 4.79 Å². The number of fused-ring (bicyclic) bond motifs is 1. The fourth-order valence-corrected chi connectivity index (χ4v) is 4.75. The van der Waals surface area contributed by atoms with Gasteiger partial charge in [0.1, 0.15) is 11.3 Å². The van der Waals surface area contributed by atoms with E-state index in [-0.39, 0.29) is 11.9 Å². The van der Waals surface area contributed by atoms with Gasteiger partial charge in [-0.05, 0) is 74.8 Å². The maximum atomic E-state index is 13.2. The minimum absolute atomic E-state index is 0.108. The second-order valence-electron chi connectivity index (χ2n) is 8.71. The number of hydrogen-bond donors (Lipinski definition) is 1. The third kappa shape index (κ3) is 4.54. The first-order valence-electron chi connectivity index (χ1n) is 11.5. The zero-order chi connectivity index (χ0) is 22.8. The van der Waals surface area contributed by atoms with Crippen LogP contribution in [0.1, 0.15) is 52.5 Å². The molecule has 2 heterocycles. The number of piperidine rings is 1. The van der Waals surface area contributed by atoms with Crippen LogP contribution in [-0.4, -0.2) is 23.9 Å². The molecule has 0 radical (unpaired) electrons. The average Bonchev–Trinajstić information content (AvgIpc) is 3.19. The molecule has 5 rings (SSSR count). The van der Waals surface area contributed by atoms with Gasteiger partial charge in [-0.25, -0.2) is 0 Å². The summed E-state index contributed by atoms with van der Waals surface area (Å²) >= 11 is 6.20. The molecule has 0 saturated carbocycles. The number of likely N-dealkylation sites (tertiary alicyclic amines) is 1. The van der Waals surface area contributed by atoms with E-state index in [4.69, 9.17) is 16.0 Å². The van der Waals surface area contributed by atoms with Crippen LogP contribution in [0.25, 0.3) is 11.0 Å². The number of carbonyl (C=O) groups is 1. The minimum atomic E-state index is -0.142. The Morgan fingerprint density at radius 1 is 0.939 bits per heavy atom. The first-order valence-corrected chi connectivity index (χ1v) is 11.9. The monoisotopic (exact) mass is 458 g/mol. The van der Waals surface area contributed by atoms with E-state index in [2.05, 4.69) is 22.3 Å². The number of aryl methyl sites for hydroxylation is 1. The van der Waals surface area contributed by atoms with Gasteiger partial charge in [-0.2, -0.15) is 0 Å². The van der Waals surface area contributed by atoms with Gasteiger partial charge < -0.3 is 9.73 Å². The number of para-hydroxylation sites is 1. The molecule has 5 heteroatoms. The fraction of sp³-hybridized carbons (Fsp3) is 0.250. The van der Waals surface area contributed by atoms with Crippen molar-refractivity contribution in [1.82, 2.24) is 4.90 Å². The number of halogens is 1. The summed E-state index contributed by atoms with van der Waals surface area (Å²) in [5.41, 5.74) is 4.35. The summed E-state index contributed by atoms with van der Waals surface area (Å²) < 4.78 is 6.47. The van der Waals surface area contributed by atoms with Crippen molar-refractivity contribution < 1.29 is 9.21 Å². The van der Waals surface area contributed by atoms with Gasteiger partial charge in [0, 0.05) is 16.0 Å². The highest BCUT2D eigenvalue weighted by Crippen LogP contribution is 2.41. The third-order valence-corrected chi connectivity index (χ3v) is 6.62. The molecule has 0 aliphatic carbocycles. The van der Waals surface area contributed by atoms with Crippen molar-refractivity contribution in [2.45, 2.75) is 32.2 Å². The van der Waals surface area contributed by atoms with Crippen LogP contribution in [0.4, 0.5) is 5.69 Å². The maximum absolute atomic E-state index is 13.2. The van der Waals surface area contributed by atoms with Crippen molar-refractivity contribution >= 4 is 34.2 Å². The number of furan rings is 1. The Hall–Kier alpha value is -3.08. The maximum Gasteiger partial charge on any atom is 0.255 e. The molecule has 1 fully saturated rings. The van der Waals surface area contributed by atoms with E-state index in [0.29, 0.717) is 10.6 Å². The number of hydrogen-bond acceptors (Lipinski definition) is 3. The van der Waals surface area contributed by atoms with Crippen LogP contribution >= 0.6 is 11.6 Å². The lowest BCUT2D eigenvalue weighted by atomic mass is 9.98. The molecule has 4 nitrogen and oxygen atoms in total. The molecule has 168 valence electrons. The van der Waals surface area contributed by atoms with Gasteiger partial charge in [0.15, 0.2) is 0 Å². The molecule has 4 aromatic rings. The topological polar surface area (TPSA) is 45.5 Å². The van der Waals surface area contributed by atoms with Crippen molar-refractivity contribution in [2.75, 3.05) is 18.4 Å². The van der Waals surface area contributed by atoms with Crippen molar-refractivity contribution in [3.05, 3.63) is 100 Å². The Balaban J connectivity index is 1.62. The predicted molar refractivity (Wildman–Crippen MR) is 134 cm³/mol. The summed E-state index contributed by atoms with van der Waals surface area (Å²) in [6.45, 7) is 3.98. The van der Waals surface area contributed by atoms with Gasteiger partial charge in [-0.1, -0.05) is 60.0 Å². The zero-order valence-electron chi connectivity index (χ0n) is 18.7. The van der Waals surface area contributed by atoms with E-state index >= 15 is 0 Å². The van der Waals surface area contributed by atoms with Gasteiger partial charge in [0.25, 0.3) is 5.91 Å². The molecule has 1 aromatic heterocycles. The third-order valence-electron chi connectivity index (χ3n) is 6.36. The molecule has 1 aliphatic heterocycles. The van der Waals surface area contributed by atoms with Crippen LogP contribution < -0.4 is 5.32 Å². The largest absolute Gasteiger partial charge is 0.457 e. The predicted octanol–water partition coefficient (Wildman–Crippen LogP) is 7.22.